The normalized spacial score (nSPS) is 27.7. The zero-order valence-electron chi connectivity index (χ0n) is 14.9. The average Bonchev–Trinajstić information content (AvgIpc) is 3.19. The van der Waals surface area contributed by atoms with Gasteiger partial charge in [0.1, 0.15) is 0 Å². The van der Waals surface area contributed by atoms with Gasteiger partial charge in [0.2, 0.25) is 11.8 Å². The maximum atomic E-state index is 13.0. The van der Waals surface area contributed by atoms with Crippen LogP contribution in [0.5, 0.6) is 0 Å². The summed E-state index contributed by atoms with van der Waals surface area (Å²) in [5.74, 6) is -2.97. The standard InChI is InChI=1S/C17H22F2N2O2S.CH2O2/c18-17(19)6-12(7-17)16(22)21-9-13-8-20(3-4-23-15(13)11-21)10-14-2-1-5-24-14;2-1-3/h1-2,5,12-13,15H,3-4,6-11H2;1H,(H,2,3)/t13-,15+;/m0./s1. The van der Waals surface area contributed by atoms with Crippen LogP contribution in [0.3, 0.4) is 0 Å². The van der Waals surface area contributed by atoms with Gasteiger partial charge >= 0.3 is 0 Å². The van der Waals surface area contributed by atoms with Gasteiger partial charge < -0.3 is 14.7 Å². The van der Waals surface area contributed by atoms with E-state index in [2.05, 4.69) is 22.4 Å². The van der Waals surface area contributed by atoms with Gasteiger partial charge in [-0.25, -0.2) is 8.78 Å². The lowest BCUT2D eigenvalue weighted by Crippen LogP contribution is -2.46. The third-order valence-electron chi connectivity index (χ3n) is 5.32. The van der Waals surface area contributed by atoms with Crippen molar-refractivity contribution in [2.75, 3.05) is 32.8 Å². The number of alkyl halides is 2. The Hall–Kier alpha value is -1.58. The monoisotopic (exact) mass is 402 g/mol. The maximum Gasteiger partial charge on any atom is 0.290 e. The molecule has 1 aliphatic carbocycles. The Balaban J connectivity index is 0.000000659. The molecule has 0 unspecified atom stereocenters. The molecule has 9 heteroatoms. The van der Waals surface area contributed by atoms with Crippen molar-refractivity contribution in [1.82, 2.24) is 9.80 Å². The fourth-order valence-corrected chi connectivity index (χ4v) is 4.75. The molecule has 0 bridgehead atoms. The minimum Gasteiger partial charge on any atom is -0.483 e. The fourth-order valence-electron chi connectivity index (χ4n) is 4.00. The number of hydrogen-bond donors (Lipinski definition) is 1. The van der Waals surface area contributed by atoms with Crippen LogP contribution in [0.4, 0.5) is 8.78 Å². The van der Waals surface area contributed by atoms with Crippen LogP contribution in [-0.4, -0.2) is 72.1 Å². The molecule has 3 aliphatic rings. The second kappa shape index (κ2) is 8.62. The van der Waals surface area contributed by atoms with Gasteiger partial charge in [0.15, 0.2) is 0 Å². The summed E-state index contributed by atoms with van der Waals surface area (Å²) in [5.41, 5.74) is 0. The summed E-state index contributed by atoms with van der Waals surface area (Å²) in [6.45, 7) is 4.30. The Bertz CT molecular complexity index is 635. The predicted molar refractivity (Wildman–Crippen MR) is 95.8 cm³/mol. The predicted octanol–water partition coefficient (Wildman–Crippen LogP) is 2.15. The summed E-state index contributed by atoms with van der Waals surface area (Å²) in [6, 6.07) is 4.19. The number of thiophene rings is 1. The highest BCUT2D eigenvalue weighted by Crippen LogP contribution is 2.43. The van der Waals surface area contributed by atoms with Crippen LogP contribution in [-0.2, 0) is 20.9 Å². The number of rotatable bonds is 3. The molecule has 1 aromatic heterocycles. The van der Waals surface area contributed by atoms with E-state index >= 15 is 0 Å². The first kappa shape index (κ1) is 20.2. The van der Waals surface area contributed by atoms with Crippen LogP contribution < -0.4 is 0 Å². The number of ether oxygens (including phenoxy) is 1. The Morgan fingerprint density at radius 2 is 2.11 bits per heavy atom. The van der Waals surface area contributed by atoms with E-state index in [1.807, 2.05) is 0 Å². The number of halogens is 2. The van der Waals surface area contributed by atoms with Crippen molar-refractivity contribution in [1.29, 1.82) is 0 Å². The minimum atomic E-state index is -2.64. The number of carbonyl (C=O) groups excluding carboxylic acids is 1. The molecule has 1 saturated carbocycles. The van der Waals surface area contributed by atoms with Crippen LogP contribution in [0.15, 0.2) is 17.5 Å². The van der Waals surface area contributed by atoms with Crippen molar-refractivity contribution in [2.24, 2.45) is 11.8 Å². The van der Waals surface area contributed by atoms with Gasteiger partial charge in [-0.1, -0.05) is 6.07 Å². The summed E-state index contributed by atoms with van der Waals surface area (Å²) >= 11 is 1.75. The van der Waals surface area contributed by atoms with Crippen molar-refractivity contribution >= 4 is 23.7 Å². The van der Waals surface area contributed by atoms with Crippen LogP contribution in [0, 0.1) is 11.8 Å². The Labute approximate surface area is 160 Å². The van der Waals surface area contributed by atoms with Gasteiger partial charge in [0, 0.05) is 62.3 Å². The average molecular weight is 402 g/mol. The first-order valence-electron chi connectivity index (χ1n) is 9.02. The van der Waals surface area contributed by atoms with E-state index in [0.717, 1.165) is 19.6 Å². The van der Waals surface area contributed by atoms with Gasteiger partial charge in [0.25, 0.3) is 6.47 Å². The third-order valence-corrected chi connectivity index (χ3v) is 6.18. The number of amides is 1. The molecule has 0 spiro atoms. The molecule has 6 nitrogen and oxygen atoms in total. The minimum absolute atomic E-state index is 0.0443. The van der Waals surface area contributed by atoms with Crippen molar-refractivity contribution in [3.63, 3.8) is 0 Å². The summed E-state index contributed by atoms with van der Waals surface area (Å²) in [4.78, 5) is 26.2. The summed E-state index contributed by atoms with van der Waals surface area (Å²) in [6.07, 6.45) is -0.533. The van der Waals surface area contributed by atoms with E-state index in [4.69, 9.17) is 14.6 Å². The molecule has 0 aromatic carbocycles. The van der Waals surface area contributed by atoms with Crippen LogP contribution >= 0.6 is 11.3 Å². The van der Waals surface area contributed by atoms with E-state index in [-0.39, 0.29) is 37.2 Å². The summed E-state index contributed by atoms with van der Waals surface area (Å²) < 4.78 is 32.0. The summed E-state index contributed by atoms with van der Waals surface area (Å²) in [5, 5.41) is 8.97. The van der Waals surface area contributed by atoms with Gasteiger partial charge in [0.05, 0.1) is 12.7 Å². The topological polar surface area (TPSA) is 70.1 Å². The molecule has 27 heavy (non-hydrogen) atoms. The van der Waals surface area contributed by atoms with Crippen molar-refractivity contribution in [2.45, 2.75) is 31.4 Å². The lowest BCUT2D eigenvalue weighted by atomic mass is 9.80. The zero-order valence-corrected chi connectivity index (χ0v) is 15.7. The Morgan fingerprint density at radius 1 is 1.37 bits per heavy atom. The van der Waals surface area contributed by atoms with Crippen molar-refractivity contribution < 1.29 is 28.2 Å². The van der Waals surface area contributed by atoms with Crippen LogP contribution in [0.1, 0.15) is 17.7 Å². The first-order chi connectivity index (χ1) is 12.9. The Kier molecular flexibility index (Phi) is 6.44. The molecule has 1 aromatic rings. The summed E-state index contributed by atoms with van der Waals surface area (Å²) in [7, 11) is 0. The highest BCUT2D eigenvalue weighted by Gasteiger charge is 2.51. The third kappa shape index (κ3) is 5.03. The van der Waals surface area contributed by atoms with E-state index in [9.17, 15) is 13.6 Å². The smallest absolute Gasteiger partial charge is 0.290 e. The zero-order chi connectivity index (χ0) is 19.4. The number of fused-ring (bicyclic) bond motifs is 1. The quantitative estimate of drug-likeness (QED) is 0.785. The highest BCUT2D eigenvalue weighted by atomic mass is 32.1. The molecule has 150 valence electrons. The molecule has 3 heterocycles. The van der Waals surface area contributed by atoms with Crippen molar-refractivity contribution in [3.8, 4) is 0 Å². The molecular formula is C18H24F2N2O4S. The number of nitrogens with zero attached hydrogens (tertiary/aromatic N) is 2. The molecule has 3 fully saturated rings. The van der Waals surface area contributed by atoms with E-state index in [0.29, 0.717) is 19.7 Å². The van der Waals surface area contributed by atoms with Gasteiger partial charge in [-0.05, 0) is 11.4 Å². The molecule has 2 saturated heterocycles. The molecule has 2 atom stereocenters. The highest BCUT2D eigenvalue weighted by molar-refractivity contribution is 7.09. The van der Waals surface area contributed by atoms with Gasteiger partial charge in [-0.15, -0.1) is 11.3 Å². The molecular weight excluding hydrogens is 378 g/mol. The SMILES string of the molecule is O=C(C1CC(F)(F)C1)N1C[C@@H]2CN(Cc3cccs3)CCO[C@@H]2C1.O=CO. The first-order valence-corrected chi connectivity index (χ1v) is 9.90. The number of carbonyl (C=O) groups is 2. The number of hydrogen-bond acceptors (Lipinski definition) is 5. The molecule has 4 rings (SSSR count). The fraction of sp³-hybridized carbons (Fsp3) is 0.667. The molecule has 2 aliphatic heterocycles. The van der Waals surface area contributed by atoms with Gasteiger partial charge in [-0.2, -0.15) is 0 Å². The largest absolute Gasteiger partial charge is 0.483 e. The van der Waals surface area contributed by atoms with Crippen LogP contribution in [0.2, 0.25) is 0 Å². The molecule has 0 radical (unpaired) electrons. The van der Waals surface area contributed by atoms with E-state index in [1.165, 1.54) is 4.88 Å². The molecule has 1 amide bonds. The second-order valence-corrected chi connectivity index (χ2v) is 8.33. The van der Waals surface area contributed by atoms with Crippen LogP contribution in [0.25, 0.3) is 0 Å². The maximum absolute atomic E-state index is 13.0. The lowest BCUT2D eigenvalue weighted by Gasteiger charge is -2.36. The van der Waals surface area contributed by atoms with Crippen molar-refractivity contribution in [3.05, 3.63) is 22.4 Å². The lowest BCUT2D eigenvalue weighted by molar-refractivity contribution is -0.159. The van der Waals surface area contributed by atoms with E-state index < -0.39 is 11.8 Å². The van der Waals surface area contributed by atoms with Gasteiger partial charge in [-0.3, -0.25) is 14.5 Å². The number of likely N-dealkylation sites (tertiary alicyclic amines) is 1. The second-order valence-electron chi connectivity index (χ2n) is 7.29. The molecule has 1 N–H and O–H groups in total. The van der Waals surface area contributed by atoms with E-state index in [1.54, 1.807) is 16.2 Å². The Morgan fingerprint density at radius 3 is 2.74 bits per heavy atom. The number of carboxylic acid groups (broad SMARTS) is 1.